The van der Waals surface area contributed by atoms with E-state index in [9.17, 15) is 13.2 Å². The van der Waals surface area contributed by atoms with Crippen molar-refractivity contribution in [2.24, 2.45) is 5.92 Å². The van der Waals surface area contributed by atoms with Crippen LogP contribution in [0.4, 0.5) is 5.69 Å². The zero-order valence-corrected chi connectivity index (χ0v) is 19.2. The van der Waals surface area contributed by atoms with Crippen LogP contribution in [0.1, 0.15) is 35.4 Å². The molecule has 33 heavy (non-hydrogen) atoms. The summed E-state index contributed by atoms with van der Waals surface area (Å²) in [7, 11) is -2.11. The summed E-state index contributed by atoms with van der Waals surface area (Å²) in [6.07, 6.45) is 5.29. The summed E-state index contributed by atoms with van der Waals surface area (Å²) in [5.74, 6) is 1.16. The molecule has 172 valence electrons. The van der Waals surface area contributed by atoms with Gasteiger partial charge >= 0.3 is 0 Å². The Morgan fingerprint density at radius 2 is 1.94 bits per heavy atom. The first-order valence-electron chi connectivity index (χ1n) is 10.5. The highest BCUT2D eigenvalue weighted by atomic mass is 32.2. The lowest BCUT2D eigenvalue weighted by atomic mass is 10.2. The number of nitrogens with one attached hydrogen (secondary N) is 2. The van der Waals surface area contributed by atoms with Gasteiger partial charge in [0.05, 0.1) is 12.0 Å². The molecule has 0 radical (unpaired) electrons. The van der Waals surface area contributed by atoms with Crippen molar-refractivity contribution in [3.8, 4) is 5.75 Å². The Morgan fingerprint density at radius 1 is 1.18 bits per heavy atom. The SMILES string of the molecule is COc1cccc(CNS(=O)(=O)c2ccc(C=Cc3onc(C)c3NC(=O)C3CC3)cc2)c1. The second kappa shape index (κ2) is 9.60. The van der Waals surface area contributed by atoms with Crippen LogP contribution in [0.5, 0.6) is 5.75 Å². The number of amides is 1. The fourth-order valence-electron chi connectivity index (χ4n) is 3.20. The minimum absolute atomic E-state index is 0.0213. The lowest BCUT2D eigenvalue weighted by Gasteiger charge is -2.08. The molecule has 1 heterocycles. The van der Waals surface area contributed by atoms with Gasteiger partial charge in [0.25, 0.3) is 0 Å². The molecule has 1 aliphatic rings. The maximum atomic E-state index is 12.6. The second-order valence-electron chi connectivity index (χ2n) is 7.85. The second-order valence-corrected chi connectivity index (χ2v) is 9.62. The molecule has 2 N–H and O–H groups in total. The Labute approximate surface area is 192 Å². The van der Waals surface area contributed by atoms with Gasteiger partial charge < -0.3 is 14.6 Å². The van der Waals surface area contributed by atoms with Gasteiger partial charge in [0.15, 0.2) is 5.76 Å². The number of hydrogen-bond donors (Lipinski definition) is 2. The average molecular weight is 468 g/mol. The number of nitrogens with zero attached hydrogens (tertiary/aromatic N) is 1. The quantitative estimate of drug-likeness (QED) is 0.492. The summed E-state index contributed by atoms with van der Waals surface area (Å²) < 4.78 is 38.4. The molecule has 0 bridgehead atoms. The highest BCUT2D eigenvalue weighted by molar-refractivity contribution is 7.89. The third kappa shape index (κ3) is 5.68. The van der Waals surface area contributed by atoms with E-state index in [0.717, 1.165) is 24.0 Å². The first kappa shape index (κ1) is 22.8. The number of benzene rings is 2. The van der Waals surface area contributed by atoms with Crippen molar-refractivity contribution in [2.75, 3.05) is 12.4 Å². The van der Waals surface area contributed by atoms with E-state index in [1.165, 1.54) is 12.1 Å². The molecule has 1 aromatic heterocycles. The summed E-state index contributed by atoms with van der Waals surface area (Å²) in [5.41, 5.74) is 2.73. The zero-order chi connectivity index (χ0) is 23.4. The predicted molar refractivity (Wildman–Crippen MR) is 125 cm³/mol. The number of anilines is 1. The molecule has 8 nitrogen and oxygen atoms in total. The van der Waals surface area contributed by atoms with Gasteiger partial charge in [0, 0.05) is 12.5 Å². The van der Waals surface area contributed by atoms with E-state index < -0.39 is 10.0 Å². The number of methoxy groups -OCH3 is 1. The Bertz CT molecular complexity index is 1280. The van der Waals surface area contributed by atoms with E-state index >= 15 is 0 Å². The van der Waals surface area contributed by atoms with Crippen molar-refractivity contribution in [3.05, 3.63) is 71.1 Å². The smallest absolute Gasteiger partial charge is 0.240 e. The number of carbonyl (C=O) groups is 1. The Balaban J connectivity index is 1.41. The van der Waals surface area contributed by atoms with E-state index in [-0.39, 0.29) is 23.3 Å². The van der Waals surface area contributed by atoms with Gasteiger partial charge in [-0.1, -0.05) is 35.5 Å². The molecule has 0 spiro atoms. The number of ether oxygens (including phenoxy) is 1. The highest BCUT2D eigenvalue weighted by Gasteiger charge is 2.30. The van der Waals surface area contributed by atoms with Crippen molar-refractivity contribution in [3.63, 3.8) is 0 Å². The maximum Gasteiger partial charge on any atom is 0.240 e. The molecule has 1 aliphatic carbocycles. The van der Waals surface area contributed by atoms with Gasteiger partial charge in [-0.3, -0.25) is 4.79 Å². The Kier molecular flexibility index (Phi) is 6.62. The standard InChI is InChI=1S/C24H25N3O5S/c1-16-23(26-24(28)19-9-10-19)22(32-27-16)13-8-17-6-11-21(12-7-17)33(29,30)25-15-18-4-3-5-20(14-18)31-2/h3-8,11-14,19,25H,9-10,15H2,1-2H3,(H,26,28). The van der Waals surface area contributed by atoms with Crippen LogP contribution in [-0.2, 0) is 21.4 Å². The lowest BCUT2D eigenvalue weighted by Crippen LogP contribution is -2.23. The minimum atomic E-state index is -3.67. The number of aryl methyl sites for hydroxylation is 1. The van der Waals surface area contributed by atoms with Crippen molar-refractivity contribution >= 4 is 33.8 Å². The van der Waals surface area contributed by atoms with Crippen molar-refractivity contribution in [1.82, 2.24) is 9.88 Å². The van der Waals surface area contributed by atoms with Gasteiger partial charge in [-0.15, -0.1) is 0 Å². The monoisotopic (exact) mass is 467 g/mol. The van der Waals surface area contributed by atoms with Crippen LogP contribution < -0.4 is 14.8 Å². The van der Waals surface area contributed by atoms with Crippen LogP contribution in [0.2, 0.25) is 0 Å². The molecular weight excluding hydrogens is 442 g/mol. The summed E-state index contributed by atoms with van der Waals surface area (Å²) in [6, 6.07) is 13.7. The normalized spacial score (nSPS) is 13.9. The molecule has 4 rings (SSSR count). The first-order chi connectivity index (χ1) is 15.9. The number of aromatic nitrogens is 1. The fraction of sp³-hybridized carbons (Fsp3) is 0.250. The molecule has 1 fully saturated rings. The summed E-state index contributed by atoms with van der Waals surface area (Å²) in [4.78, 5) is 12.2. The molecule has 0 saturated heterocycles. The van der Waals surface area contributed by atoms with Crippen molar-refractivity contribution in [2.45, 2.75) is 31.2 Å². The molecule has 0 atom stereocenters. The lowest BCUT2D eigenvalue weighted by molar-refractivity contribution is -0.117. The van der Waals surface area contributed by atoms with E-state index in [1.54, 1.807) is 50.5 Å². The van der Waals surface area contributed by atoms with Crippen LogP contribution in [0.3, 0.4) is 0 Å². The summed E-state index contributed by atoms with van der Waals surface area (Å²) in [5, 5.41) is 6.81. The fourth-order valence-corrected chi connectivity index (χ4v) is 4.22. The zero-order valence-electron chi connectivity index (χ0n) is 18.4. The molecular formula is C24H25N3O5S. The van der Waals surface area contributed by atoms with E-state index in [1.807, 2.05) is 12.1 Å². The largest absolute Gasteiger partial charge is 0.497 e. The van der Waals surface area contributed by atoms with Gasteiger partial charge in [-0.25, -0.2) is 13.1 Å². The van der Waals surface area contributed by atoms with Gasteiger partial charge in [0.2, 0.25) is 15.9 Å². The van der Waals surface area contributed by atoms with Crippen LogP contribution >= 0.6 is 0 Å². The van der Waals surface area contributed by atoms with Crippen LogP contribution in [0, 0.1) is 12.8 Å². The average Bonchev–Trinajstić information content (AvgIpc) is 3.62. The topological polar surface area (TPSA) is 111 Å². The number of sulfonamides is 1. The molecule has 2 aromatic carbocycles. The van der Waals surface area contributed by atoms with Gasteiger partial charge in [0.1, 0.15) is 17.1 Å². The van der Waals surface area contributed by atoms with Crippen LogP contribution in [0.15, 0.2) is 57.9 Å². The highest BCUT2D eigenvalue weighted by Crippen LogP contribution is 2.32. The molecule has 0 aliphatic heterocycles. The molecule has 9 heteroatoms. The molecule has 0 unspecified atom stereocenters. The number of carbonyl (C=O) groups excluding carboxylic acids is 1. The van der Waals surface area contributed by atoms with E-state index in [0.29, 0.717) is 22.9 Å². The molecule has 3 aromatic rings. The predicted octanol–water partition coefficient (Wildman–Crippen LogP) is 3.99. The van der Waals surface area contributed by atoms with E-state index in [2.05, 4.69) is 15.2 Å². The Hall–Kier alpha value is -3.43. The Morgan fingerprint density at radius 3 is 2.64 bits per heavy atom. The van der Waals surface area contributed by atoms with Crippen LogP contribution in [-0.4, -0.2) is 26.6 Å². The summed E-state index contributed by atoms with van der Waals surface area (Å²) >= 11 is 0. The van der Waals surface area contributed by atoms with E-state index in [4.69, 9.17) is 9.26 Å². The third-order valence-electron chi connectivity index (χ3n) is 5.30. The maximum absolute atomic E-state index is 12.6. The third-order valence-corrected chi connectivity index (χ3v) is 6.72. The van der Waals surface area contributed by atoms with Gasteiger partial charge in [-0.05, 0) is 61.2 Å². The molecule has 1 saturated carbocycles. The first-order valence-corrected chi connectivity index (χ1v) is 12.0. The van der Waals surface area contributed by atoms with Crippen molar-refractivity contribution < 1.29 is 22.5 Å². The van der Waals surface area contributed by atoms with Gasteiger partial charge in [-0.2, -0.15) is 0 Å². The molecule has 1 amide bonds. The van der Waals surface area contributed by atoms with Crippen molar-refractivity contribution in [1.29, 1.82) is 0 Å². The minimum Gasteiger partial charge on any atom is -0.497 e. The number of hydrogen-bond acceptors (Lipinski definition) is 6. The number of rotatable bonds is 9. The van der Waals surface area contributed by atoms with Crippen LogP contribution in [0.25, 0.3) is 12.2 Å². The summed E-state index contributed by atoms with van der Waals surface area (Å²) in [6.45, 7) is 1.92.